The van der Waals surface area contributed by atoms with Crippen molar-refractivity contribution in [3.8, 4) is 0 Å². The standard InChI is InChI=1S/C17H34N2/c1-4-6-15-7-8-16(18-5-2)17(13-15)19-11-9-14(3)10-12-19/h14-18H,4-13H2,1-3H3. The van der Waals surface area contributed by atoms with Gasteiger partial charge in [0.05, 0.1) is 0 Å². The Bertz CT molecular complexity index is 246. The highest BCUT2D eigenvalue weighted by Crippen LogP contribution is 2.33. The zero-order valence-electron chi connectivity index (χ0n) is 13.3. The molecule has 0 bridgehead atoms. The molecule has 2 nitrogen and oxygen atoms in total. The van der Waals surface area contributed by atoms with Gasteiger partial charge in [0.15, 0.2) is 0 Å². The Morgan fingerprint density at radius 1 is 1.05 bits per heavy atom. The smallest absolute Gasteiger partial charge is 0.0251 e. The van der Waals surface area contributed by atoms with E-state index in [9.17, 15) is 0 Å². The first-order chi connectivity index (χ1) is 9.24. The van der Waals surface area contributed by atoms with Crippen LogP contribution in [0.4, 0.5) is 0 Å². The van der Waals surface area contributed by atoms with E-state index in [1.54, 1.807) is 0 Å². The van der Waals surface area contributed by atoms with E-state index in [4.69, 9.17) is 0 Å². The van der Waals surface area contributed by atoms with Crippen molar-refractivity contribution in [2.75, 3.05) is 19.6 Å². The number of likely N-dealkylation sites (N-methyl/N-ethyl adjacent to an activating group) is 1. The Morgan fingerprint density at radius 2 is 1.79 bits per heavy atom. The number of piperidine rings is 1. The van der Waals surface area contributed by atoms with Crippen LogP contribution in [0.15, 0.2) is 0 Å². The van der Waals surface area contributed by atoms with Crippen molar-refractivity contribution in [3.05, 3.63) is 0 Å². The average Bonchev–Trinajstić information content (AvgIpc) is 2.42. The van der Waals surface area contributed by atoms with Crippen LogP contribution < -0.4 is 5.32 Å². The molecule has 2 rings (SSSR count). The third-order valence-corrected chi connectivity index (χ3v) is 5.38. The molecule has 1 saturated heterocycles. The predicted octanol–water partition coefficient (Wildman–Crippen LogP) is 3.67. The molecule has 0 radical (unpaired) electrons. The van der Waals surface area contributed by atoms with Gasteiger partial charge in [0, 0.05) is 12.1 Å². The van der Waals surface area contributed by atoms with Gasteiger partial charge in [-0.1, -0.05) is 33.6 Å². The largest absolute Gasteiger partial charge is 0.313 e. The van der Waals surface area contributed by atoms with Crippen molar-refractivity contribution >= 4 is 0 Å². The molecule has 0 spiro atoms. The van der Waals surface area contributed by atoms with Crippen LogP contribution >= 0.6 is 0 Å². The molecule has 2 aliphatic rings. The second-order valence-corrected chi connectivity index (χ2v) is 6.92. The lowest BCUT2D eigenvalue weighted by atomic mass is 9.78. The van der Waals surface area contributed by atoms with Crippen LogP contribution in [0.2, 0.25) is 0 Å². The number of likely N-dealkylation sites (tertiary alicyclic amines) is 1. The van der Waals surface area contributed by atoms with Crippen molar-refractivity contribution in [2.24, 2.45) is 11.8 Å². The van der Waals surface area contributed by atoms with Crippen LogP contribution in [-0.4, -0.2) is 36.6 Å². The lowest BCUT2D eigenvalue weighted by molar-refractivity contribution is 0.0662. The van der Waals surface area contributed by atoms with Crippen LogP contribution in [0.5, 0.6) is 0 Å². The monoisotopic (exact) mass is 266 g/mol. The van der Waals surface area contributed by atoms with Crippen molar-refractivity contribution < 1.29 is 0 Å². The summed E-state index contributed by atoms with van der Waals surface area (Å²) in [5.41, 5.74) is 0. The molecule has 1 N–H and O–H groups in total. The molecule has 1 aliphatic carbocycles. The minimum Gasteiger partial charge on any atom is -0.313 e. The first-order valence-corrected chi connectivity index (χ1v) is 8.72. The second kappa shape index (κ2) is 7.64. The molecule has 0 aromatic carbocycles. The Hall–Kier alpha value is -0.0800. The summed E-state index contributed by atoms with van der Waals surface area (Å²) in [5.74, 6) is 1.94. The van der Waals surface area contributed by atoms with Gasteiger partial charge in [0.1, 0.15) is 0 Å². The number of hydrogen-bond acceptors (Lipinski definition) is 2. The third-order valence-electron chi connectivity index (χ3n) is 5.38. The maximum absolute atomic E-state index is 3.76. The molecule has 1 saturated carbocycles. The molecule has 2 fully saturated rings. The summed E-state index contributed by atoms with van der Waals surface area (Å²) in [5, 5.41) is 3.76. The Kier molecular flexibility index (Phi) is 6.15. The maximum atomic E-state index is 3.76. The normalized spacial score (nSPS) is 34.6. The summed E-state index contributed by atoms with van der Waals surface area (Å²) in [6, 6.07) is 1.57. The molecule has 0 amide bonds. The molecule has 2 heteroatoms. The molecule has 0 aromatic heterocycles. The van der Waals surface area contributed by atoms with Gasteiger partial charge >= 0.3 is 0 Å². The number of rotatable bonds is 5. The molecule has 0 aromatic rings. The predicted molar refractivity (Wildman–Crippen MR) is 83.5 cm³/mol. The van der Waals surface area contributed by atoms with Crippen LogP contribution in [-0.2, 0) is 0 Å². The van der Waals surface area contributed by atoms with Crippen LogP contribution in [0.3, 0.4) is 0 Å². The van der Waals surface area contributed by atoms with Crippen molar-refractivity contribution in [2.45, 2.75) is 77.8 Å². The molecular formula is C17H34N2. The summed E-state index contributed by atoms with van der Waals surface area (Å²) >= 11 is 0. The summed E-state index contributed by atoms with van der Waals surface area (Å²) in [4.78, 5) is 2.81. The van der Waals surface area contributed by atoms with Crippen LogP contribution in [0.1, 0.15) is 65.7 Å². The highest BCUT2D eigenvalue weighted by atomic mass is 15.2. The molecule has 1 heterocycles. The molecule has 112 valence electrons. The van der Waals surface area contributed by atoms with E-state index in [2.05, 4.69) is 31.0 Å². The van der Waals surface area contributed by atoms with Gasteiger partial charge in [0.2, 0.25) is 0 Å². The minimum absolute atomic E-state index is 0.756. The van der Waals surface area contributed by atoms with Gasteiger partial charge in [-0.05, 0) is 63.6 Å². The highest BCUT2D eigenvalue weighted by molar-refractivity contribution is 4.92. The van der Waals surface area contributed by atoms with E-state index in [1.165, 1.54) is 58.0 Å². The molecule has 19 heavy (non-hydrogen) atoms. The first-order valence-electron chi connectivity index (χ1n) is 8.72. The van der Waals surface area contributed by atoms with Gasteiger partial charge in [-0.15, -0.1) is 0 Å². The minimum atomic E-state index is 0.756. The van der Waals surface area contributed by atoms with Gasteiger partial charge in [-0.25, -0.2) is 0 Å². The fourth-order valence-corrected chi connectivity index (χ4v) is 4.17. The summed E-state index contributed by atoms with van der Waals surface area (Å²) in [7, 11) is 0. The van der Waals surface area contributed by atoms with E-state index in [0.29, 0.717) is 0 Å². The van der Waals surface area contributed by atoms with Gasteiger partial charge in [-0.3, -0.25) is 4.90 Å². The topological polar surface area (TPSA) is 15.3 Å². The molecule has 3 atom stereocenters. The summed E-state index contributed by atoms with van der Waals surface area (Å²) in [6.45, 7) is 10.8. The zero-order valence-corrected chi connectivity index (χ0v) is 13.3. The third kappa shape index (κ3) is 4.19. The summed E-state index contributed by atoms with van der Waals surface area (Å²) < 4.78 is 0. The van der Waals surface area contributed by atoms with Gasteiger partial charge < -0.3 is 5.32 Å². The van der Waals surface area contributed by atoms with E-state index >= 15 is 0 Å². The van der Waals surface area contributed by atoms with Crippen molar-refractivity contribution in [1.82, 2.24) is 10.2 Å². The van der Waals surface area contributed by atoms with E-state index < -0.39 is 0 Å². The van der Waals surface area contributed by atoms with Crippen molar-refractivity contribution in [3.63, 3.8) is 0 Å². The van der Waals surface area contributed by atoms with E-state index in [1.807, 2.05) is 0 Å². The highest BCUT2D eigenvalue weighted by Gasteiger charge is 2.34. The lowest BCUT2D eigenvalue weighted by Gasteiger charge is -2.45. The van der Waals surface area contributed by atoms with E-state index in [-0.39, 0.29) is 0 Å². The SMILES string of the molecule is CCCC1CCC(NCC)C(N2CCC(C)CC2)C1. The number of nitrogens with zero attached hydrogens (tertiary/aromatic N) is 1. The summed E-state index contributed by atoms with van der Waals surface area (Å²) in [6.07, 6.45) is 9.92. The fourth-order valence-electron chi connectivity index (χ4n) is 4.17. The number of nitrogens with one attached hydrogen (secondary N) is 1. The van der Waals surface area contributed by atoms with Crippen LogP contribution in [0.25, 0.3) is 0 Å². The Morgan fingerprint density at radius 3 is 2.42 bits per heavy atom. The molecule has 1 aliphatic heterocycles. The number of hydrogen-bond donors (Lipinski definition) is 1. The first kappa shape index (κ1) is 15.3. The maximum Gasteiger partial charge on any atom is 0.0251 e. The van der Waals surface area contributed by atoms with Gasteiger partial charge in [0.25, 0.3) is 0 Å². The lowest BCUT2D eigenvalue weighted by Crippen LogP contribution is -2.55. The van der Waals surface area contributed by atoms with Crippen molar-refractivity contribution in [1.29, 1.82) is 0 Å². The molecule has 3 unspecified atom stereocenters. The zero-order chi connectivity index (χ0) is 13.7. The Labute approximate surface area is 120 Å². The van der Waals surface area contributed by atoms with Crippen LogP contribution in [0, 0.1) is 11.8 Å². The quantitative estimate of drug-likeness (QED) is 0.817. The second-order valence-electron chi connectivity index (χ2n) is 6.92. The Balaban J connectivity index is 1.94. The fraction of sp³-hybridized carbons (Fsp3) is 1.00. The van der Waals surface area contributed by atoms with Gasteiger partial charge in [-0.2, -0.15) is 0 Å². The van der Waals surface area contributed by atoms with E-state index in [0.717, 1.165) is 30.5 Å². The average molecular weight is 266 g/mol. The molecular weight excluding hydrogens is 232 g/mol.